The number of imide groups is 1. The second-order valence-corrected chi connectivity index (χ2v) is 9.24. The molecular weight excluding hydrogens is 380 g/mol. The van der Waals surface area contributed by atoms with E-state index in [-0.39, 0.29) is 0 Å². The minimum Gasteiger partial charge on any atom is -0.443 e. The van der Waals surface area contributed by atoms with Gasteiger partial charge in [0.1, 0.15) is 5.60 Å². The first-order valence-electron chi connectivity index (χ1n) is 9.45. The topological polar surface area (TPSA) is 84.9 Å². The maximum Gasteiger partial charge on any atom is 0.417 e. The molecule has 0 saturated carbocycles. The largest absolute Gasteiger partial charge is 0.443 e. The minimum atomic E-state index is -1.39. The third kappa shape index (κ3) is 5.99. The number of methoxy groups -OCH3 is 1. The number of rotatable bonds is 8. The van der Waals surface area contributed by atoms with Gasteiger partial charge in [-0.3, -0.25) is 4.79 Å². The van der Waals surface area contributed by atoms with Gasteiger partial charge in [-0.15, -0.1) is 0 Å². The van der Waals surface area contributed by atoms with Crippen LogP contribution in [0, 0.1) is 0 Å². The van der Waals surface area contributed by atoms with E-state index in [9.17, 15) is 13.8 Å². The molecule has 1 heterocycles. The monoisotopic (exact) mass is 414 g/mol. The molecule has 1 aliphatic rings. The molecule has 1 aliphatic heterocycles. The van der Waals surface area contributed by atoms with Gasteiger partial charge in [-0.1, -0.05) is 25.5 Å². The Morgan fingerprint density at radius 2 is 2.00 bits per heavy atom. The molecule has 4 atom stereocenters. The number of hydrogen-bond donors (Lipinski definition) is 1. The summed E-state index contributed by atoms with van der Waals surface area (Å²) in [5, 5.41) is 0. The van der Waals surface area contributed by atoms with Gasteiger partial charge in [-0.05, 0) is 46.6 Å². The molecule has 0 fully saturated rings. The Labute approximate surface area is 171 Å². The number of nitrogens with one attached hydrogen (secondary N) is 1. The van der Waals surface area contributed by atoms with Crippen molar-refractivity contribution >= 4 is 23.0 Å². The Morgan fingerprint density at radius 3 is 2.43 bits per heavy atom. The molecule has 0 aromatic rings. The average molecular weight is 415 g/mol. The summed E-state index contributed by atoms with van der Waals surface area (Å²) in [6, 6.07) is -1.30. The lowest BCUT2D eigenvalue weighted by atomic mass is 9.84. The van der Waals surface area contributed by atoms with Gasteiger partial charge in [0.05, 0.1) is 28.7 Å². The highest BCUT2D eigenvalue weighted by molar-refractivity contribution is 7.82. The van der Waals surface area contributed by atoms with Gasteiger partial charge in [-0.2, -0.15) is 0 Å². The Kier molecular flexibility index (Phi) is 8.59. The zero-order valence-corrected chi connectivity index (χ0v) is 19.0. The van der Waals surface area contributed by atoms with Crippen LogP contribution in [0.1, 0.15) is 54.4 Å². The van der Waals surface area contributed by atoms with Gasteiger partial charge in [0.2, 0.25) is 0 Å². The molecule has 0 aromatic heterocycles. The maximum absolute atomic E-state index is 12.9. The lowest BCUT2D eigenvalue weighted by molar-refractivity contribution is -0.127. The van der Waals surface area contributed by atoms with Crippen molar-refractivity contribution in [2.45, 2.75) is 77.7 Å². The summed E-state index contributed by atoms with van der Waals surface area (Å²) >= 11 is 0. The molecule has 0 saturated heterocycles. The fraction of sp³-hybridized carbons (Fsp3) is 0.700. The fourth-order valence-corrected chi connectivity index (χ4v) is 4.10. The standard InChI is InChI=1S/C20H34N2O5S/c1-9-11-14-13-15(23)22(18(24)27-19(3,4)5)16(14)17(21-28(8)25)20(6,26-7)12-10-2/h9,11,13,16-17,21H,10,12H2,1-8H3/b11-9-/t16-,17?,20+,28-/m1/s1. The van der Waals surface area contributed by atoms with E-state index >= 15 is 0 Å². The summed E-state index contributed by atoms with van der Waals surface area (Å²) < 4.78 is 26.4. The summed E-state index contributed by atoms with van der Waals surface area (Å²) in [5.74, 6) is -0.462. The Bertz CT molecular complexity index is 668. The number of amides is 2. The zero-order valence-electron chi connectivity index (χ0n) is 18.2. The van der Waals surface area contributed by atoms with E-state index in [1.54, 1.807) is 40.0 Å². The van der Waals surface area contributed by atoms with E-state index < -0.39 is 46.3 Å². The molecular formula is C20H34N2O5S. The van der Waals surface area contributed by atoms with Crippen LogP contribution in [0.25, 0.3) is 0 Å². The first-order valence-corrected chi connectivity index (χ1v) is 11.0. The van der Waals surface area contributed by atoms with E-state index in [4.69, 9.17) is 9.47 Å². The van der Waals surface area contributed by atoms with Crippen LogP contribution in [-0.2, 0) is 25.3 Å². The first-order chi connectivity index (χ1) is 12.9. The van der Waals surface area contributed by atoms with Gasteiger partial charge in [0.15, 0.2) is 0 Å². The summed E-state index contributed by atoms with van der Waals surface area (Å²) in [5.41, 5.74) is -0.882. The molecule has 0 aliphatic carbocycles. The predicted molar refractivity (Wildman–Crippen MR) is 111 cm³/mol. The van der Waals surface area contributed by atoms with Crippen LogP contribution < -0.4 is 4.72 Å². The highest BCUT2D eigenvalue weighted by Gasteiger charge is 2.49. The molecule has 1 rings (SSSR count). The second kappa shape index (κ2) is 9.80. The van der Waals surface area contributed by atoms with Crippen LogP contribution >= 0.6 is 0 Å². The van der Waals surface area contributed by atoms with Crippen molar-refractivity contribution in [3.63, 3.8) is 0 Å². The van der Waals surface area contributed by atoms with Crippen LogP contribution in [0.15, 0.2) is 23.8 Å². The number of ether oxygens (including phenoxy) is 2. The molecule has 0 bridgehead atoms. The number of hydrogen-bond acceptors (Lipinski definition) is 5. The summed E-state index contributed by atoms with van der Waals surface area (Å²) in [4.78, 5) is 26.7. The van der Waals surface area contributed by atoms with Crippen LogP contribution in [0.5, 0.6) is 0 Å². The van der Waals surface area contributed by atoms with Crippen molar-refractivity contribution in [2.24, 2.45) is 0 Å². The summed E-state index contributed by atoms with van der Waals surface area (Å²) in [6.45, 7) is 11.0. The van der Waals surface area contributed by atoms with Crippen molar-refractivity contribution in [1.82, 2.24) is 9.62 Å². The lowest BCUT2D eigenvalue weighted by Crippen LogP contribution is -2.62. The van der Waals surface area contributed by atoms with Gasteiger partial charge in [-0.25, -0.2) is 18.6 Å². The quantitative estimate of drug-likeness (QED) is 0.660. The van der Waals surface area contributed by atoms with Gasteiger partial charge in [0.25, 0.3) is 5.91 Å². The van der Waals surface area contributed by atoms with Crippen molar-refractivity contribution in [3.8, 4) is 0 Å². The van der Waals surface area contributed by atoms with Gasteiger partial charge < -0.3 is 9.47 Å². The normalized spacial score (nSPS) is 22.1. The summed E-state index contributed by atoms with van der Waals surface area (Å²) in [6.07, 6.45) is 7.24. The van der Waals surface area contributed by atoms with Crippen molar-refractivity contribution in [2.75, 3.05) is 13.4 Å². The molecule has 0 spiro atoms. The van der Waals surface area contributed by atoms with E-state index in [0.29, 0.717) is 12.0 Å². The Hall–Kier alpha value is -1.51. The molecule has 2 amide bonds. The van der Waals surface area contributed by atoms with E-state index in [0.717, 1.165) is 11.3 Å². The fourth-order valence-electron chi connectivity index (χ4n) is 3.36. The minimum absolute atomic E-state index is 0.462. The molecule has 0 aromatic carbocycles. The van der Waals surface area contributed by atoms with E-state index in [2.05, 4.69) is 4.72 Å². The van der Waals surface area contributed by atoms with E-state index in [1.807, 2.05) is 20.8 Å². The molecule has 160 valence electrons. The van der Waals surface area contributed by atoms with Crippen LogP contribution in [-0.4, -0.2) is 57.8 Å². The smallest absolute Gasteiger partial charge is 0.417 e. The van der Waals surface area contributed by atoms with Crippen LogP contribution in [0.3, 0.4) is 0 Å². The third-order valence-electron chi connectivity index (χ3n) is 4.58. The first kappa shape index (κ1) is 24.5. The van der Waals surface area contributed by atoms with Gasteiger partial charge >= 0.3 is 6.09 Å². The molecule has 0 radical (unpaired) electrons. The predicted octanol–water partition coefficient (Wildman–Crippen LogP) is 3.09. The SMILES string of the molecule is C/C=C\C1=CC(=O)N(C(=O)OC(C)(C)C)[C@H]1C(N[S@@](C)=O)[C@](C)(CCC)OC. The Morgan fingerprint density at radius 1 is 1.39 bits per heavy atom. The molecule has 1 unspecified atom stereocenters. The van der Waals surface area contributed by atoms with Crippen molar-refractivity contribution in [3.05, 3.63) is 23.8 Å². The van der Waals surface area contributed by atoms with Crippen molar-refractivity contribution in [1.29, 1.82) is 0 Å². The highest BCUT2D eigenvalue weighted by Crippen LogP contribution is 2.34. The Balaban J connectivity index is 3.51. The van der Waals surface area contributed by atoms with Crippen LogP contribution in [0.4, 0.5) is 4.79 Å². The number of carbonyl (C=O) groups excluding carboxylic acids is 2. The summed E-state index contributed by atoms with van der Waals surface area (Å²) in [7, 11) is 0.188. The average Bonchev–Trinajstić information content (AvgIpc) is 2.87. The maximum atomic E-state index is 12.9. The lowest BCUT2D eigenvalue weighted by Gasteiger charge is -2.42. The molecule has 7 nitrogen and oxygen atoms in total. The van der Waals surface area contributed by atoms with Crippen LogP contribution in [0.2, 0.25) is 0 Å². The second-order valence-electron chi connectivity index (χ2n) is 8.09. The molecule has 28 heavy (non-hydrogen) atoms. The molecule has 1 N–H and O–H groups in total. The third-order valence-corrected chi connectivity index (χ3v) is 5.16. The molecule has 8 heteroatoms. The van der Waals surface area contributed by atoms with Gasteiger partial charge in [0, 0.05) is 19.4 Å². The highest BCUT2D eigenvalue weighted by atomic mass is 32.2. The number of allylic oxidation sites excluding steroid dienone is 1. The zero-order chi connectivity index (χ0) is 21.7. The number of nitrogens with zero attached hydrogens (tertiary/aromatic N) is 1. The van der Waals surface area contributed by atoms with E-state index in [1.165, 1.54) is 12.3 Å². The number of carbonyl (C=O) groups is 2. The van der Waals surface area contributed by atoms with Crippen molar-refractivity contribution < 1.29 is 23.3 Å².